The van der Waals surface area contributed by atoms with E-state index in [1.807, 2.05) is 15.6 Å². The second kappa shape index (κ2) is 6.96. The summed E-state index contributed by atoms with van der Waals surface area (Å²) < 4.78 is 1.88. The average molecular weight is 339 g/mol. The van der Waals surface area contributed by atoms with E-state index in [9.17, 15) is 4.79 Å². The van der Waals surface area contributed by atoms with Crippen LogP contribution in [-0.2, 0) is 17.8 Å². The largest absolute Gasteiger partial charge is 0.310 e. The fourth-order valence-electron chi connectivity index (χ4n) is 4.21. The van der Waals surface area contributed by atoms with Gasteiger partial charge in [-0.25, -0.2) is 4.98 Å². The van der Waals surface area contributed by atoms with Crippen LogP contribution in [0.25, 0.3) is 0 Å². The summed E-state index contributed by atoms with van der Waals surface area (Å²) >= 11 is 0. The quantitative estimate of drug-likeness (QED) is 0.856. The highest BCUT2D eigenvalue weighted by Crippen LogP contribution is 2.29. The molecule has 1 fully saturated rings. The molecule has 1 saturated heterocycles. The van der Waals surface area contributed by atoms with Crippen LogP contribution in [0.3, 0.4) is 0 Å². The molecule has 1 aromatic heterocycles. The van der Waals surface area contributed by atoms with Crippen LogP contribution in [0.4, 0.5) is 5.69 Å². The highest BCUT2D eigenvalue weighted by molar-refractivity contribution is 5.98. The van der Waals surface area contributed by atoms with Gasteiger partial charge in [0.25, 0.3) is 0 Å². The van der Waals surface area contributed by atoms with E-state index in [2.05, 4.69) is 40.1 Å². The van der Waals surface area contributed by atoms with Crippen molar-refractivity contribution in [3.8, 4) is 0 Å². The first-order valence-corrected chi connectivity index (χ1v) is 9.21. The van der Waals surface area contributed by atoms with E-state index in [-0.39, 0.29) is 11.9 Å². The van der Waals surface area contributed by atoms with Gasteiger partial charge in [-0.2, -0.15) is 5.10 Å². The molecule has 2 aliphatic heterocycles. The fourth-order valence-corrected chi connectivity index (χ4v) is 4.21. The monoisotopic (exact) mass is 339 g/mol. The minimum absolute atomic E-state index is 0.111. The highest BCUT2D eigenvalue weighted by atomic mass is 16.2. The number of likely N-dealkylation sites (tertiary alicyclic amines) is 1. The summed E-state index contributed by atoms with van der Waals surface area (Å²) in [6.45, 7) is 4.63. The number of piperidine rings is 1. The predicted molar refractivity (Wildman–Crippen MR) is 96.3 cm³/mol. The number of anilines is 1. The number of amides is 1. The maximum atomic E-state index is 13.2. The third kappa shape index (κ3) is 3.18. The minimum atomic E-state index is -0.111. The Hall–Kier alpha value is -2.21. The lowest BCUT2D eigenvalue weighted by atomic mass is 9.99. The van der Waals surface area contributed by atoms with Gasteiger partial charge in [0.2, 0.25) is 5.91 Å². The van der Waals surface area contributed by atoms with Crippen LogP contribution in [0.15, 0.2) is 36.9 Å². The molecule has 132 valence electrons. The van der Waals surface area contributed by atoms with E-state index < -0.39 is 0 Å². The van der Waals surface area contributed by atoms with Crippen LogP contribution in [0.5, 0.6) is 0 Å². The van der Waals surface area contributed by atoms with Gasteiger partial charge in [0, 0.05) is 18.3 Å². The van der Waals surface area contributed by atoms with E-state index in [1.165, 1.54) is 12.0 Å². The van der Waals surface area contributed by atoms with Crippen molar-refractivity contribution in [3.05, 3.63) is 42.5 Å². The van der Waals surface area contributed by atoms with Crippen molar-refractivity contribution in [3.63, 3.8) is 0 Å². The first-order valence-electron chi connectivity index (χ1n) is 9.21. The SMILES string of the molecule is C[C@H](C(=O)N1CCc2ccccc21)N1CCCC[C@H]1Cn1cncn1. The van der Waals surface area contributed by atoms with E-state index in [4.69, 9.17) is 0 Å². The van der Waals surface area contributed by atoms with E-state index >= 15 is 0 Å². The average Bonchev–Trinajstić information content (AvgIpc) is 3.30. The third-order valence-corrected chi connectivity index (χ3v) is 5.55. The van der Waals surface area contributed by atoms with Crippen molar-refractivity contribution < 1.29 is 4.79 Å². The smallest absolute Gasteiger partial charge is 0.244 e. The molecule has 0 bridgehead atoms. The lowest BCUT2D eigenvalue weighted by molar-refractivity contribution is -0.124. The number of fused-ring (bicyclic) bond motifs is 1. The maximum absolute atomic E-state index is 13.2. The molecule has 3 heterocycles. The Morgan fingerprint density at radius 3 is 3.00 bits per heavy atom. The molecule has 25 heavy (non-hydrogen) atoms. The van der Waals surface area contributed by atoms with Crippen molar-refractivity contribution in [2.24, 2.45) is 0 Å². The van der Waals surface area contributed by atoms with Gasteiger partial charge in [-0.05, 0) is 44.4 Å². The molecule has 1 amide bonds. The molecule has 6 nitrogen and oxygen atoms in total. The fraction of sp³-hybridized carbons (Fsp3) is 0.526. The molecule has 2 aliphatic rings. The molecule has 2 atom stereocenters. The Morgan fingerprint density at radius 2 is 2.16 bits per heavy atom. The molecule has 0 N–H and O–H groups in total. The van der Waals surface area contributed by atoms with E-state index in [0.717, 1.165) is 44.6 Å². The summed E-state index contributed by atoms with van der Waals surface area (Å²) in [5.41, 5.74) is 2.37. The van der Waals surface area contributed by atoms with Gasteiger partial charge in [-0.15, -0.1) is 0 Å². The maximum Gasteiger partial charge on any atom is 0.244 e. The van der Waals surface area contributed by atoms with Crippen molar-refractivity contribution in [2.75, 3.05) is 18.0 Å². The first-order chi connectivity index (χ1) is 12.2. The van der Waals surface area contributed by atoms with E-state index in [1.54, 1.807) is 12.7 Å². The number of benzene rings is 1. The Bertz CT molecular complexity index is 729. The Balaban J connectivity index is 1.50. The second-order valence-corrected chi connectivity index (χ2v) is 7.05. The van der Waals surface area contributed by atoms with Crippen LogP contribution in [0, 0.1) is 0 Å². The Labute approximate surface area is 148 Å². The topological polar surface area (TPSA) is 54.3 Å². The molecule has 0 radical (unpaired) electrons. The number of nitrogens with zero attached hydrogens (tertiary/aromatic N) is 5. The van der Waals surface area contributed by atoms with Gasteiger partial charge >= 0.3 is 0 Å². The molecule has 0 unspecified atom stereocenters. The number of carbonyl (C=O) groups is 1. The number of hydrogen-bond donors (Lipinski definition) is 0. The number of para-hydroxylation sites is 1. The zero-order valence-electron chi connectivity index (χ0n) is 14.7. The lowest BCUT2D eigenvalue weighted by Gasteiger charge is -2.40. The molecule has 1 aromatic carbocycles. The third-order valence-electron chi connectivity index (χ3n) is 5.55. The van der Waals surface area contributed by atoms with Crippen LogP contribution < -0.4 is 4.90 Å². The molecule has 0 saturated carbocycles. The normalized spacial score (nSPS) is 22.0. The second-order valence-electron chi connectivity index (χ2n) is 7.05. The molecule has 0 spiro atoms. The Morgan fingerprint density at radius 1 is 1.28 bits per heavy atom. The first kappa shape index (κ1) is 16.3. The van der Waals surface area contributed by atoms with Crippen molar-refractivity contribution in [1.29, 1.82) is 0 Å². The lowest BCUT2D eigenvalue weighted by Crippen LogP contribution is -2.53. The number of hydrogen-bond acceptors (Lipinski definition) is 4. The summed E-state index contributed by atoms with van der Waals surface area (Å²) in [6.07, 6.45) is 7.76. The van der Waals surface area contributed by atoms with Gasteiger partial charge in [0.1, 0.15) is 12.7 Å². The van der Waals surface area contributed by atoms with Crippen LogP contribution >= 0.6 is 0 Å². The minimum Gasteiger partial charge on any atom is -0.310 e. The standard InChI is InChI=1S/C19H25N5O/c1-15(19(25)24-11-9-16-6-2-3-8-18(16)24)23-10-5-4-7-17(23)12-22-14-20-13-21-22/h2-3,6,8,13-15,17H,4-5,7,9-12H2,1H3/t15-,17+/m1/s1. The van der Waals surface area contributed by atoms with Gasteiger partial charge in [0.15, 0.2) is 0 Å². The number of carbonyl (C=O) groups excluding carboxylic acids is 1. The van der Waals surface area contributed by atoms with Gasteiger partial charge in [-0.1, -0.05) is 24.6 Å². The molecular formula is C19H25N5O. The van der Waals surface area contributed by atoms with Crippen molar-refractivity contribution in [1.82, 2.24) is 19.7 Å². The molecular weight excluding hydrogens is 314 g/mol. The number of aromatic nitrogens is 3. The zero-order chi connectivity index (χ0) is 17.2. The van der Waals surface area contributed by atoms with E-state index in [0.29, 0.717) is 6.04 Å². The van der Waals surface area contributed by atoms with Gasteiger partial charge in [-0.3, -0.25) is 14.4 Å². The zero-order valence-corrected chi connectivity index (χ0v) is 14.7. The summed E-state index contributed by atoms with van der Waals surface area (Å²) in [7, 11) is 0. The summed E-state index contributed by atoms with van der Waals surface area (Å²) in [5, 5.41) is 4.24. The van der Waals surface area contributed by atoms with Gasteiger partial charge in [0.05, 0.1) is 12.6 Å². The van der Waals surface area contributed by atoms with Crippen molar-refractivity contribution >= 4 is 11.6 Å². The number of rotatable bonds is 4. The van der Waals surface area contributed by atoms with Crippen LogP contribution in [0.2, 0.25) is 0 Å². The Kier molecular flexibility index (Phi) is 4.53. The molecule has 0 aliphatic carbocycles. The predicted octanol–water partition coefficient (Wildman–Crippen LogP) is 2.11. The summed E-state index contributed by atoms with van der Waals surface area (Å²) in [5.74, 6) is 0.218. The highest BCUT2D eigenvalue weighted by Gasteiger charge is 2.35. The summed E-state index contributed by atoms with van der Waals surface area (Å²) in [6, 6.07) is 8.49. The van der Waals surface area contributed by atoms with Crippen LogP contribution in [-0.4, -0.2) is 50.7 Å². The molecule has 6 heteroatoms. The van der Waals surface area contributed by atoms with Crippen molar-refractivity contribution in [2.45, 2.75) is 51.2 Å². The van der Waals surface area contributed by atoms with Crippen LogP contribution in [0.1, 0.15) is 31.7 Å². The molecule has 4 rings (SSSR count). The molecule has 2 aromatic rings. The van der Waals surface area contributed by atoms with Gasteiger partial charge < -0.3 is 4.90 Å². The summed E-state index contributed by atoms with van der Waals surface area (Å²) in [4.78, 5) is 21.6.